The zero-order valence-electron chi connectivity index (χ0n) is 13.3. The number of anilines is 3. The number of nitrogen functional groups attached to an aromatic ring is 1. The van der Waals surface area contributed by atoms with Crippen LogP contribution in [0.1, 0.15) is 0 Å². The third kappa shape index (κ3) is 3.12. The molecular formula is C20H15ClN4. The Kier molecular flexibility index (Phi) is 3.96. The number of aromatic nitrogens is 2. The average Bonchev–Trinajstić information content (AvgIpc) is 2.62. The quantitative estimate of drug-likeness (QED) is 0.530. The van der Waals surface area contributed by atoms with Gasteiger partial charge >= 0.3 is 0 Å². The lowest BCUT2D eigenvalue weighted by Crippen LogP contribution is -2.02. The fourth-order valence-corrected chi connectivity index (χ4v) is 3.00. The Hall–Kier alpha value is -3.11. The molecule has 4 nitrogen and oxygen atoms in total. The molecule has 0 fully saturated rings. The monoisotopic (exact) mass is 346 g/mol. The molecule has 0 bridgehead atoms. The summed E-state index contributed by atoms with van der Waals surface area (Å²) >= 11 is 6.13. The molecule has 5 heteroatoms. The number of nitrogens with zero attached hydrogens (tertiary/aromatic N) is 2. The van der Waals surface area contributed by atoms with Gasteiger partial charge in [0.2, 0.25) is 5.95 Å². The summed E-state index contributed by atoms with van der Waals surface area (Å²) in [6.07, 6.45) is 0. The van der Waals surface area contributed by atoms with Crippen molar-refractivity contribution < 1.29 is 0 Å². The van der Waals surface area contributed by atoms with Crippen LogP contribution in [0, 0.1) is 0 Å². The first-order valence-corrected chi connectivity index (χ1v) is 8.23. The van der Waals surface area contributed by atoms with Gasteiger partial charge in [-0.25, -0.2) is 4.98 Å². The normalized spacial score (nSPS) is 10.8. The number of hydrogen-bond donors (Lipinski definition) is 2. The molecule has 0 aliphatic heterocycles. The van der Waals surface area contributed by atoms with Crippen molar-refractivity contribution >= 4 is 40.0 Å². The van der Waals surface area contributed by atoms with E-state index < -0.39 is 0 Å². The first-order valence-electron chi connectivity index (χ1n) is 7.85. The van der Waals surface area contributed by atoms with Gasteiger partial charge in [0.25, 0.3) is 0 Å². The Bertz CT molecular complexity index is 1050. The smallest absolute Gasteiger partial charge is 0.229 e. The highest BCUT2D eigenvalue weighted by Crippen LogP contribution is 2.33. The third-order valence-corrected chi connectivity index (χ3v) is 4.15. The van der Waals surface area contributed by atoms with Gasteiger partial charge in [-0.3, -0.25) is 0 Å². The largest absolute Gasteiger partial charge is 0.383 e. The number of hydrogen-bond acceptors (Lipinski definition) is 4. The molecule has 3 aromatic carbocycles. The molecule has 122 valence electrons. The molecule has 1 heterocycles. The predicted octanol–water partition coefficient (Wildman–Crippen LogP) is 5.28. The lowest BCUT2D eigenvalue weighted by atomic mass is 10.0. The van der Waals surface area contributed by atoms with Crippen molar-refractivity contribution in [2.45, 2.75) is 0 Å². The minimum atomic E-state index is 0.430. The number of para-hydroxylation sites is 1. The summed E-state index contributed by atoms with van der Waals surface area (Å²) in [5.41, 5.74) is 9.90. The van der Waals surface area contributed by atoms with Crippen LogP contribution in [0.3, 0.4) is 0 Å². The van der Waals surface area contributed by atoms with Crippen molar-refractivity contribution in [3.63, 3.8) is 0 Å². The van der Waals surface area contributed by atoms with E-state index in [0.717, 1.165) is 27.7 Å². The van der Waals surface area contributed by atoms with Crippen LogP contribution in [0.4, 0.5) is 17.5 Å². The summed E-state index contributed by atoms with van der Waals surface area (Å²) in [5.74, 6) is 0.901. The van der Waals surface area contributed by atoms with Crippen molar-refractivity contribution in [3.05, 3.63) is 77.8 Å². The van der Waals surface area contributed by atoms with Gasteiger partial charge in [0, 0.05) is 10.7 Å². The lowest BCUT2D eigenvalue weighted by molar-refractivity contribution is 1.22. The number of halogens is 1. The Morgan fingerprint density at radius 1 is 0.840 bits per heavy atom. The molecule has 0 amide bonds. The number of benzene rings is 3. The van der Waals surface area contributed by atoms with E-state index in [1.165, 1.54) is 0 Å². The first-order chi connectivity index (χ1) is 12.2. The summed E-state index contributed by atoms with van der Waals surface area (Å²) in [6, 6.07) is 23.3. The van der Waals surface area contributed by atoms with E-state index in [1.54, 1.807) is 0 Å². The molecule has 1 aromatic heterocycles. The molecule has 0 aliphatic rings. The predicted molar refractivity (Wildman–Crippen MR) is 104 cm³/mol. The average molecular weight is 347 g/mol. The summed E-state index contributed by atoms with van der Waals surface area (Å²) < 4.78 is 0. The van der Waals surface area contributed by atoms with E-state index in [1.807, 2.05) is 72.8 Å². The second-order valence-electron chi connectivity index (χ2n) is 5.63. The summed E-state index contributed by atoms with van der Waals surface area (Å²) in [5, 5.41) is 4.68. The van der Waals surface area contributed by atoms with Crippen molar-refractivity contribution in [3.8, 4) is 11.1 Å². The lowest BCUT2D eigenvalue weighted by Gasteiger charge is -2.11. The van der Waals surface area contributed by atoms with Gasteiger partial charge in [0.15, 0.2) is 0 Å². The second-order valence-corrected chi connectivity index (χ2v) is 6.07. The maximum atomic E-state index is 6.26. The van der Waals surface area contributed by atoms with E-state index in [-0.39, 0.29) is 0 Å². The first kappa shape index (κ1) is 15.4. The topological polar surface area (TPSA) is 63.8 Å². The number of rotatable bonds is 3. The standard InChI is InChI=1S/C20H15ClN4/c21-14-7-4-6-13(12-14)16-10-5-11-17-18(16)19(22)25-20(24-17)23-15-8-2-1-3-9-15/h1-12H,(H3,22,23,24,25). The molecule has 4 aromatic rings. The molecule has 3 N–H and O–H groups in total. The molecule has 0 radical (unpaired) electrons. The zero-order chi connectivity index (χ0) is 17.2. The highest BCUT2D eigenvalue weighted by atomic mass is 35.5. The molecule has 0 unspecified atom stereocenters. The van der Waals surface area contributed by atoms with Crippen molar-refractivity contribution in [2.24, 2.45) is 0 Å². The maximum absolute atomic E-state index is 6.26. The minimum Gasteiger partial charge on any atom is -0.383 e. The van der Waals surface area contributed by atoms with E-state index >= 15 is 0 Å². The number of nitrogens with two attached hydrogens (primary N) is 1. The van der Waals surface area contributed by atoms with Gasteiger partial charge in [-0.1, -0.05) is 54.1 Å². The maximum Gasteiger partial charge on any atom is 0.229 e. The van der Waals surface area contributed by atoms with Gasteiger partial charge in [-0.2, -0.15) is 4.98 Å². The van der Waals surface area contributed by atoms with E-state index in [9.17, 15) is 0 Å². The Morgan fingerprint density at radius 3 is 2.44 bits per heavy atom. The van der Waals surface area contributed by atoms with Gasteiger partial charge in [0.1, 0.15) is 5.82 Å². The van der Waals surface area contributed by atoms with Crippen LogP contribution in [0.15, 0.2) is 72.8 Å². The fourth-order valence-electron chi connectivity index (χ4n) is 2.81. The van der Waals surface area contributed by atoms with Gasteiger partial charge in [0.05, 0.1) is 10.9 Å². The zero-order valence-corrected chi connectivity index (χ0v) is 14.0. The highest BCUT2D eigenvalue weighted by molar-refractivity contribution is 6.31. The molecule has 25 heavy (non-hydrogen) atoms. The van der Waals surface area contributed by atoms with Crippen LogP contribution in [-0.4, -0.2) is 9.97 Å². The minimum absolute atomic E-state index is 0.430. The van der Waals surface area contributed by atoms with Crippen LogP contribution in [-0.2, 0) is 0 Å². The molecule has 0 atom stereocenters. The number of fused-ring (bicyclic) bond motifs is 1. The van der Waals surface area contributed by atoms with Crippen LogP contribution >= 0.6 is 11.6 Å². The second kappa shape index (κ2) is 6.42. The van der Waals surface area contributed by atoms with Gasteiger partial charge < -0.3 is 11.1 Å². The molecule has 0 saturated carbocycles. The van der Waals surface area contributed by atoms with Crippen molar-refractivity contribution in [1.82, 2.24) is 9.97 Å². The van der Waals surface area contributed by atoms with Crippen LogP contribution in [0.5, 0.6) is 0 Å². The molecule has 4 rings (SSSR count). The van der Waals surface area contributed by atoms with Gasteiger partial charge in [-0.15, -0.1) is 0 Å². The fraction of sp³-hybridized carbons (Fsp3) is 0. The van der Waals surface area contributed by atoms with Crippen molar-refractivity contribution in [1.29, 1.82) is 0 Å². The van der Waals surface area contributed by atoms with E-state index in [4.69, 9.17) is 17.3 Å². The molecule has 0 aliphatic carbocycles. The van der Waals surface area contributed by atoms with Crippen LogP contribution < -0.4 is 11.1 Å². The Balaban J connectivity index is 1.83. The Labute approximate surface area is 150 Å². The molecule has 0 saturated heterocycles. The van der Waals surface area contributed by atoms with E-state index in [0.29, 0.717) is 16.8 Å². The SMILES string of the molecule is Nc1nc(Nc2ccccc2)nc2cccc(-c3cccc(Cl)c3)c12. The van der Waals surface area contributed by atoms with Crippen molar-refractivity contribution in [2.75, 3.05) is 11.1 Å². The number of nitrogens with one attached hydrogen (secondary N) is 1. The Morgan fingerprint density at radius 2 is 1.64 bits per heavy atom. The third-order valence-electron chi connectivity index (χ3n) is 3.92. The van der Waals surface area contributed by atoms with E-state index in [2.05, 4.69) is 15.3 Å². The van der Waals surface area contributed by atoms with Gasteiger partial charge in [-0.05, 0) is 41.5 Å². The summed E-state index contributed by atoms with van der Waals surface area (Å²) in [6.45, 7) is 0. The van der Waals surface area contributed by atoms with Crippen LogP contribution in [0.2, 0.25) is 5.02 Å². The highest BCUT2D eigenvalue weighted by Gasteiger charge is 2.11. The van der Waals surface area contributed by atoms with Crippen LogP contribution in [0.25, 0.3) is 22.0 Å². The molecule has 0 spiro atoms. The summed E-state index contributed by atoms with van der Waals surface area (Å²) in [7, 11) is 0. The molecular weight excluding hydrogens is 332 g/mol. The summed E-state index contributed by atoms with van der Waals surface area (Å²) in [4.78, 5) is 9.03.